The SMILES string of the molecule is CC(C)(C)C1CCN(C2CCCc3cc(O)ccc32)C1. The topological polar surface area (TPSA) is 23.5 Å². The Morgan fingerprint density at radius 1 is 1.20 bits per heavy atom. The summed E-state index contributed by atoms with van der Waals surface area (Å²) < 4.78 is 0. The van der Waals surface area contributed by atoms with Gasteiger partial charge in [-0.15, -0.1) is 0 Å². The van der Waals surface area contributed by atoms with E-state index < -0.39 is 0 Å². The van der Waals surface area contributed by atoms with Gasteiger partial charge in [-0.3, -0.25) is 4.90 Å². The van der Waals surface area contributed by atoms with Crippen molar-refractivity contribution in [1.82, 2.24) is 4.90 Å². The van der Waals surface area contributed by atoms with Crippen LogP contribution in [-0.4, -0.2) is 23.1 Å². The van der Waals surface area contributed by atoms with Gasteiger partial charge in [0.05, 0.1) is 0 Å². The van der Waals surface area contributed by atoms with Crippen molar-refractivity contribution in [1.29, 1.82) is 0 Å². The van der Waals surface area contributed by atoms with Gasteiger partial charge in [-0.2, -0.15) is 0 Å². The van der Waals surface area contributed by atoms with Crippen molar-refractivity contribution in [3.05, 3.63) is 29.3 Å². The van der Waals surface area contributed by atoms with Gasteiger partial charge < -0.3 is 5.11 Å². The maximum Gasteiger partial charge on any atom is 0.115 e. The molecule has 2 atom stereocenters. The number of likely N-dealkylation sites (tertiary alicyclic amines) is 1. The highest BCUT2D eigenvalue weighted by Crippen LogP contribution is 2.41. The lowest BCUT2D eigenvalue weighted by atomic mass is 9.80. The molecule has 1 saturated heterocycles. The number of hydrogen-bond donors (Lipinski definition) is 1. The molecule has 1 heterocycles. The average molecular weight is 273 g/mol. The standard InChI is InChI=1S/C18H27NO/c1-18(2,3)14-9-10-19(12-14)17-6-4-5-13-11-15(20)7-8-16(13)17/h7-8,11,14,17,20H,4-6,9-10,12H2,1-3H3. The van der Waals surface area contributed by atoms with Gasteiger partial charge in [-0.25, -0.2) is 0 Å². The maximum absolute atomic E-state index is 9.67. The summed E-state index contributed by atoms with van der Waals surface area (Å²) in [5, 5.41) is 9.67. The number of aryl methyl sites for hydroxylation is 1. The molecule has 2 aliphatic rings. The normalized spacial score (nSPS) is 27.6. The maximum atomic E-state index is 9.67. The monoisotopic (exact) mass is 273 g/mol. The molecule has 0 bridgehead atoms. The second-order valence-corrected chi connectivity index (χ2v) is 7.64. The molecule has 0 spiro atoms. The Kier molecular flexibility index (Phi) is 3.53. The second kappa shape index (κ2) is 5.07. The molecule has 110 valence electrons. The van der Waals surface area contributed by atoms with Gasteiger partial charge in [0.25, 0.3) is 0 Å². The van der Waals surface area contributed by atoms with E-state index in [4.69, 9.17) is 0 Å². The molecule has 1 aromatic carbocycles. The van der Waals surface area contributed by atoms with Crippen LogP contribution >= 0.6 is 0 Å². The van der Waals surface area contributed by atoms with Crippen molar-refractivity contribution < 1.29 is 5.11 Å². The van der Waals surface area contributed by atoms with Gasteiger partial charge in [0.2, 0.25) is 0 Å². The summed E-state index contributed by atoms with van der Waals surface area (Å²) in [6, 6.07) is 6.55. The number of hydrogen-bond acceptors (Lipinski definition) is 2. The molecule has 2 unspecified atom stereocenters. The van der Waals surface area contributed by atoms with Crippen LogP contribution in [0.4, 0.5) is 0 Å². The van der Waals surface area contributed by atoms with Gasteiger partial charge >= 0.3 is 0 Å². The summed E-state index contributed by atoms with van der Waals surface area (Å²) in [7, 11) is 0. The van der Waals surface area contributed by atoms with Crippen LogP contribution in [0.25, 0.3) is 0 Å². The number of benzene rings is 1. The highest BCUT2D eigenvalue weighted by Gasteiger charge is 2.36. The summed E-state index contributed by atoms with van der Waals surface area (Å²) in [6.07, 6.45) is 4.97. The third kappa shape index (κ3) is 2.58. The largest absolute Gasteiger partial charge is 0.508 e. The van der Waals surface area contributed by atoms with E-state index in [0.29, 0.717) is 17.2 Å². The Morgan fingerprint density at radius 3 is 2.70 bits per heavy atom. The number of nitrogens with zero attached hydrogens (tertiary/aromatic N) is 1. The van der Waals surface area contributed by atoms with E-state index in [-0.39, 0.29) is 0 Å². The van der Waals surface area contributed by atoms with Crippen molar-refractivity contribution in [3.8, 4) is 5.75 Å². The van der Waals surface area contributed by atoms with Crippen molar-refractivity contribution in [2.24, 2.45) is 11.3 Å². The Morgan fingerprint density at radius 2 is 2.00 bits per heavy atom. The number of rotatable bonds is 1. The van der Waals surface area contributed by atoms with Crippen LogP contribution in [-0.2, 0) is 6.42 Å². The fraction of sp³-hybridized carbons (Fsp3) is 0.667. The Balaban J connectivity index is 1.80. The Bertz CT molecular complexity index is 489. The molecule has 1 aliphatic carbocycles. The molecular weight excluding hydrogens is 246 g/mol. The zero-order valence-corrected chi connectivity index (χ0v) is 13.0. The lowest BCUT2D eigenvalue weighted by molar-refractivity contribution is 0.182. The molecule has 0 amide bonds. The van der Waals surface area contributed by atoms with E-state index in [0.717, 1.165) is 12.3 Å². The molecule has 2 nitrogen and oxygen atoms in total. The van der Waals surface area contributed by atoms with Crippen LogP contribution in [0.2, 0.25) is 0 Å². The summed E-state index contributed by atoms with van der Waals surface area (Å²) in [5.41, 5.74) is 3.24. The minimum absolute atomic E-state index is 0.415. The van der Waals surface area contributed by atoms with Crippen LogP contribution in [0.1, 0.15) is 57.2 Å². The van der Waals surface area contributed by atoms with Crippen molar-refractivity contribution in [3.63, 3.8) is 0 Å². The Hall–Kier alpha value is -1.02. The van der Waals surface area contributed by atoms with E-state index in [9.17, 15) is 5.11 Å². The minimum Gasteiger partial charge on any atom is -0.508 e. The zero-order chi connectivity index (χ0) is 14.3. The van der Waals surface area contributed by atoms with Crippen LogP contribution in [0.3, 0.4) is 0 Å². The number of fused-ring (bicyclic) bond motifs is 1. The van der Waals surface area contributed by atoms with E-state index in [1.165, 1.54) is 43.5 Å². The first-order chi connectivity index (χ1) is 9.45. The molecule has 20 heavy (non-hydrogen) atoms. The van der Waals surface area contributed by atoms with E-state index >= 15 is 0 Å². The van der Waals surface area contributed by atoms with Crippen molar-refractivity contribution in [2.75, 3.05) is 13.1 Å². The first-order valence-electron chi connectivity index (χ1n) is 8.01. The molecule has 0 aromatic heterocycles. The lowest BCUT2D eigenvalue weighted by Crippen LogP contribution is -2.31. The second-order valence-electron chi connectivity index (χ2n) is 7.64. The average Bonchev–Trinajstić information content (AvgIpc) is 2.87. The minimum atomic E-state index is 0.415. The van der Waals surface area contributed by atoms with Crippen LogP contribution in [0.15, 0.2) is 18.2 Å². The fourth-order valence-corrected chi connectivity index (χ4v) is 3.93. The van der Waals surface area contributed by atoms with E-state index in [1.807, 2.05) is 12.1 Å². The third-order valence-corrected chi connectivity index (χ3v) is 5.29. The van der Waals surface area contributed by atoms with Crippen molar-refractivity contribution >= 4 is 0 Å². The van der Waals surface area contributed by atoms with Crippen LogP contribution in [0.5, 0.6) is 5.75 Å². The van der Waals surface area contributed by atoms with Crippen molar-refractivity contribution in [2.45, 2.75) is 52.5 Å². The van der Waals surface area contributed by atoms with E-state index in [1.54, 1.807) is 0 Å². The molecule has 0 radical (unpaired) electrons. The number of phenolic OH excluding ortho intramolecular Hbond substituents is 1. The summed E-state index contributed by atoms with van der Waals surface area (Å²) in [6.45, 7) is 9.57. The zero-order valence-electron chi connectivity index (χ0n) is 13.0. The molecule has 0 saturated carbocycles. The van der Waals surface area contributed by atoms with Crippen LogP contribution in [0, 0.1) is 11.3 Å². The number of aromatic hydroxyl groups is 1. The molecule has 3 rings (SSSR count). The first-order valence-corrected chi connectivity index (χ1v) is 8.01. The summed E-state index contributed by atoms with van der Waals surface area (Å²) in [4.78, 5) is 2.69. The molecule has 1 N–H and O–H groups in total. The molecule has 1 fully saturated rings. The smallest absolute Gasteiger partial charge is 0.115 e. The highest BCUT2D eigenvalue weighted by molar-refractivity contribution is 5.38. The molecule has 2 heteroatoms. The van der Waals surface area contributed by atoms with Gasteiger partial charge in [-0.05, 0) is 66.8 Å². The van der Waals surface area contributed by atoms with Crippen LogP contribution < -0.4 is 0 Å². The Labute approximate surface area is 122 Å². The highest BCUT2D eigenvalue weighted by atomic mass is 16.3. The predicted octanol–water partition coefficient (Wildman–Crippen LogP) is 4.14. The fourth-order valence-electron chi connectivity index (χ4n) is 3.93. The lowest BCUT2D eigenvalue weighted by Gasteiger charge is -2.34. The van der Waals surface area contributed by atoms with Gasteiger partial charge in [0, 0.05) is 12.6 Å². The van der Waals surface area contributed by atoms with E-state index in [2.05, 4.69) is 31.7 Å². The predicted molar refractivity (Wildman–Crippen MR) is 82.9 cm³/mol. The molecular formula is C18H27NO. The summed E-state index contributed by atoms with van der Waals surface area (Å²) >= 11 is 0. The van der Waals surface area contributed by atoms with Gasteiger partial charge in [0.15, 0.2) is 0 Å². The van der Waals surface area contributed by atoms with Gasteiger partial charge in [-0.1, -0.05) is 26.8 Å². The first kappa shape index (κ1) is 13.9. The quantitative estimate of drug-likeness (QED) is 0.831. The number of phenols is 1. The molecule has 1 aliphatic heterocycles. The summed E-state index contributed by atoms with van der Waals surface area (Å²) in [5.74, 6) is 1.23. The molecule has 1 aromatic rings. The third-order valence-electron chi connectivity index (χ3n) is 5.29. The van der Waals surface area contributed by atoms with Gasteiger partial charge in [0.1, 0.15) is 5.75 Å².